The minimum atomic E-state index is -0.324. The largest absolute Gasteiger partial charge is 0.341 e. The number of hydrogen-bond acceptors (Lipinski definition) is 3. The fourth-order valence-corrected chi connectivity index (χ4v) is 2.39. The molecule has 0 aliphatic carbocycles. The lowest BCUT2D eigenvalue weighted by Crippen LogP contribution is -2.20. The minimum absolute atomic E-state index is 0.324. The lowest BCUT2D eigenvalue weighted by molar-refractivity contribution is 0.262. The third kappa shape index (κ3) is 2.84. The second kappa shape index (κ2) is 5.61. The molecule has 5 nitrogen and oxygen atoms in total. The minimum Gasteiger partial charge on any atom is -0.341 e. The van der Waals surface area contributed by atoms with E-state index >= 15 is 0 Å². The normalized spacial score (nSPS) is 12.2. The molecule has 0 bridgehead atoms. The molecular formula is C16H15ClN4O. The van der Waals surface area contributed by atoms with Crippen LogP contribution in [0.1, 0.15) is 5.56 Å². The highest BCUT2D eigenvalue weighted by Gasteiger charge is 2.13. The van der Waals surface area contributed by atoms with E-state index in [0.717, 1.165) is 16.9 Å². The average Bonchev–Trinajstić information content (AvgIpc) is 2.83. The summed E-state index contributed by atoms with van der Waals surface area (Å²) < 4.78 is 0. The molecule has 6 heteroatoms. The quantitative estimate of drug-likeness (QED) is 0.655. The van der Waals surface area contributed by atoms with Crippen LogP contribution in [0.5, 0.6) is 0 Å². The first-order valence-electron chi connectivity index (χ1n) is 6.73. The van der Waals surface area contributed by atoms with Gasteiger partial charge in [-0.25, -0.2) is 4.79 Å². The molecule has 2 aromatic carbocycles. The maximum Gasteiger partial charge on any atom is 0.323 e. The van der Waals surface area contributed by atoms with Crippen molar-refractivity contribution >= 4 is 40.4 Å². The van der Waals surface area contributed by atoms with Crippen LogP contribution in [0.15, 0.2) is 48.8 Å². The van der Waals surface area contributed by atoms with Gasteiger partial charge in [-0.15, -0.1) is 0 Å². The van der Waals surface area contributed by atoms with Crippen LogP contribution in [0.25, 0.3) is 0 Å². The van der Waals surface area contributed by atoms with E-state index in [9.17, 15) is 4.79 Å². The molecule has 22 heavy (non-hydrogen) atoms. The van der Waals surface area contributed by atoms with Crippen molar-refractivity contribution in [3.63, 3.8) is 0 Å². The molecule has 1 aliphatic rings. The topological polar surface area (TPSA) is 65.2 Å². The Morgan fingerprint density at radius 1 is 1.14 bits per heavy atom. The predicted octanol–water partition coefficient (Wildman–Crippen LogP) is 4.60. The van der Waals surface area contributed by atoms with Crippen LogP contribution >= 0.6 is 11.6 Å². The number of rotatable bonds is 2. The van der Waals surface area contributed by atoms with Gasteiger partial charge < -0.3 is 21.3 Å². The van der Waals surface area contributed by atoms with Gasteiger partial charge in [-0.3, -0.25) is 0 Å². The Hall–Kier alpha value is -2.66. The van der Waals surface area contributed by atoms with Crippen LogP contribution in [-0.4, -0.2) is 6.03 Å². The zero-order valence-electron chi connectivity index (χ0n) is 12.0. The van der Waals surface area contributed by atoms with Crippen molar-refractivity contribution in [2.24, 2.45) is 0 Å². The van der Waals surface area contributed by atoms with E-state index in [1.165, 1.54) is 0 Å². The highest BCUT2D eigenvalue weighted by molar-refractivity contribution is 6.31. The Morgan fingerprint density at radius 2 is 1.91 bits per heavy atom. The maximum absolute atomic E-state index is 12.1. The van der Waals surface area contributed by atoms with E-state index < -0.39 is 0 Å². The Bertz CT molecular complexity index is 773. The van der Waals surface area contributed by atoms with Gasteiger partial charge in [0.1, 0.15) is 5.82 Å². The van der Waals surface area contributed by atoms with E-state index in [1.54, 1.807) is 18.2 Å². The first-order chi connectivity index (χ1) is 10.5. The molecule has 0 aromatic heterocycles. The Labute approximate surface area is 133 Å². The van der Waals surface area contributed by atoms with Gasteiger partial charge in [0.05, 0.1) is 11.4 Å². The number of hydrogen-bond donors (Lipinski definition) is 4. The van der Waals surface area contributed by atoms with Crippen LogP contribution in [0.2, 0.25) is 5.02 Å². The molecule has 1 aliphatic heterocycles. The van der Waals surface area contributed by atoms with E-state index in [0.29, 0.717) is 22.2 Å². The summed E-state index contributed by atoms with van der Waals surface area (Å²) in [5.41, 5.74) is 4.00. The van der Waals surface area contributed by atoms with Crippen LogP contribution in [-0.2, 0) is 0 Å². The molecule has 2 aromatic rings. The van der Waals surface area contributed by atoms with Crippen molar-refractivity contribution in [2.75, 3.05) is 21.3 Å². The molecule has 4 N–H and O–H groups in total. The molecule has 0 fully saturated rings. The standard InChI is InChI=1S/C16H15ClN4O/c1-9-12(17)4-3-5-13(9)21-16(22)20-11-6-7-14-15(8-11)19-10(2)18-14/h3-8,18-19H,2H2,1H3,(H2,20,21,22). The third-order valence-corrected chi connectivity index (χ3v) is 3.77. The van der Waals surface area contributed by atoms with Crippen molar-refractivity contribution in [2.45, 2.75) is 6.92 Å². The molecule has 112 valence electrons. The first-order valence-corrected chi connectivity index (χ1v) is 7.11. The van der Waals surface area contributed by atoms with Gasteiger partial charge in [0.2, 0.25) is 0 Å². The monoisotopic (exact) mass is 314 g/mol. The van der Waals surface area contributed by atoms with E-state index in [4.69, 9.17) is 11.6 Å². The highest BCUT2D eigenvalue weighted by Crippen LogP contribution is 2.32. The van der Waals surface area contributed by atoms with Crippen LogP contribution < -0.4 is 21.3 Å². The number of anilines is 4. The summed E-state index contributed by atoms with van der Waals surface area (Å²) in [6.07, 6.45) is 0. The van der Waals surface area contributed by atoms with Gasteiger partial charge in [-0.1, -0.05) is 24.2 Å². The third-order valence-electron chi connectivity index (χ3n) is 3.36. The molecule has 0 atom stereocenters. The maximum atomic E-state index is 12.1. The summed E-state index contributed by atoms with van der Waals surface area (Å²) in [7, 11) is 0. The molecule has 0 spiro atoms. The molecular weight excluding hydrogens is 300 g/mol. The van der Waals surface area contributed by atoms with Gasteiger partial charge in [-0.2, -0.15) is 0 Å². The van der Waals surface area contributed by atoms with Gasteiger partial charge in [0.25, 0.3) is 0 Å². The van der Waals surface area contributed by atoms with Crippen molar-refractivity contribution in [3.05, 3.63) is 59.4 Å². The number of carbonyl (C=O) groups excluding carboxylic acids is 1. The van der Waals surface area contributed by atoms with Crippen molar-refractivity contribution in [1.29, 1.82) is 0 Å². The Morgan fingerprint density at radius 3 is 2.73 bits per heavy atom. The number of benzene rings is 2. The second-order valence-corrected chi connectivity index (χ2v) is 5.39. The van der Waals surface area contributed by atoms with E-state index in [-0.39, 0.29) is 6.03 Å². The summed E-state index contributed by atoms with van der Waals surface area (Å²) in [5, 5.41) is 12.4. The molecule has 0 saturated heterocycles. The molecule has 0 saturated carbocycles. The summed E-state index contributed by atoms with van der Waals surface area (Å²) in [4.78, 5) is 12.1. The van der Waals surface area contributed by atoms with Gasteiger partial charge in [0.15, 0.2) is 0 Å². The van der Waals surface area contributed by atoms with Crippen LogP contribution in [0.3, 0.4) is 0 Å². The van der Waals surface area contributed by atoms with Crippen LogP contribution in [0, 0.1) is 6.92 Å². The lowest BCUT2D eigenvalue weighted by atomic mass is 10.2. The second-order valence-electron chi connectivity index (χ2n) is 4.98. The van der Waals surface area contributed by atoms with E-state index in [2.05, 4.69) is 27.8 Å². The fourth-order valence-electron chi connectivity index (χ4n) is 2.22. The number of carbonyl (C=O) groups is 1. The number of urea groups is 1. The molecule has 1 heterocycles. The SMILES string of the molecule is C=C1Nc2ccc(NC(=O)Nc3cccc(Cl)c3C)cc2N1. The average molecular weight is 315 g/mol. The number of fused-ring (bicyclic) bond motifs is 1. The summed E-state index contributed by atoms with van der Waals surface area (Å²) in [6, 6.07) is 10.6. The van der Waals surface area contributed by atoms with Gasteiger partial charge >= 0.3 is 6.03 Å². The first kappa shape index (κ1) is 14.3. The molecule has 2 amide bonds. The summed E-state index contributed by atoms with van der Waals surface area (Å²) >= 11 is 6.04. The molecule has 0 radical (unpaired) electrons. The number of halogens is 1. The zero-order valence-corrected chi connectivity index (χ0v) is 12.7. The molecule has 3 rings (SSSR count). The smallest absolute Gasteiger partial charge is 0.323 e. The van der Waals surface area contributed by atoms with Crippen molar-refractivity contribution in [3.8, 4) is 0 Å². The predicted molar refractivity (Wildman–Crippen MR) is 91.7 cm³/mol. The number of nitrogens with one attached hydrogen (secondary N) is 4. The Balaban J connectivity index is 1.71. The summed E-state index contributed by atoms with van der Waals surface area (Å²) in [5.74, 6) is 0.714. The fraction of sp³-hybridized carbons (Fsp3) is 0.0625. The van der Waals surface area contributed by atoms with Crippen molar-refractivity contribution in [1.82, 2.24) is 0 Å². The number of amides is 2. The Kier molecular flexibility index (Phi) is 3.65. The van der Waals surface area contributed by atoms with Gasteiger partial charge in [-0.05, 0) is 42.8 Å². The van der Waals surface area contributed by atoms with Crippen LogP contribution in [0.4, 0.5) is 27.5 Å². The highest BCUT2D eigenvalue weighted by atomic mass is 35.5. The van der Waals surface area contributed by atoms with E-state index in [1.807, 2.05) is 25.1 Å². The van der Waals surface area contributed by atoms with Gasteiger partial charge in [0, 0.05) is 16.4 Å². The zero-order chi connectivity index (χ0) is 15.7. The lowest BCUT2D eigenvalue weighted by Gasteiger charge is -2.11. The van der Waals surface area contributed by atoms with Crippen molar-refractivity contribution < 1.29 is 4.79 Å². The molecule has 0 unspecified atom stereocenters. The summed E-state index contributed by atoms with van der Waals surface area (Å²) in [6.45, 7) is 5.65.